The summed E-state index contributed by atoms with van der Waals surface area (Å²) in [5.41, 5.74) is 1.93. The Kier molecular flexibility index (Phi) is 19.3. The molecule has 3 aromatic carbocycles. The van der Waals surface area contributed by atoms with E-state index >= 15 is 0 Å². The zero-order chi connectivity index (χ0) is 54.4. The van der Waals surface area contributed by atoms with Crippen molar-refractivity contribution in [1.82, 2.24) is 9.80 Å². The van der Waals surface area contributed by atoms with Gasteiger partial charge in [0.25, 0.3) is 5.91 Å². The van der Waals surface area contributed by atoms with Gasteiger partial charge in [0, 0.05) is 54.3 Å². The van der Waals surface area contributed by atoms with Crippen LogP contribution in [0, 0.1) is 5.41 Å². The van der Waals surface area contributed by atoms with E-state index in [-0.39, 0.29) is 63.8 Å². The van der Waals surface area contributed by atoms with Gasteiger partial charge in [0.2, 0.25) is 5.78 Å². The molecular weight excluding hydrogens is 903 g/mol. The number of nitrogens with zero attached hydrogens (tertiary/aromatic N) is 2. The number of anilines is 1. The van der Waals surface area contributed by atoms with E-state index in [9.17, 15) is 24.3 Å². The summed E-state index contributed by atoms with van der Waals surface area (Å²) in [4.78, 5) is 59.0. The van der Waals surface area contributed by atoms with Gasteiger partial charge in [0.15, 0.2) is 5.41 Å². The molecule has 0 saturated carbocycles. The van der Waals surface area contributed by atoms with Gasteiger partial charge >= 0.3 is 11.9 Å². The molecule has 2 aliphatic rings. The number of phenols is 1. The van der Waals surface area contributed by atoms with E-state index in [1.54, 1.807) is 18.2 Å². The van der Waals surface area contributed by atoms with E-state index in [2.05, 4.69) is 133 Å². The number of likely N-dealkylation sites (tertiary alicyclic amines) is 2. The second kappa shape index (κ2) is 23.2. The van der Waals surface area contributed by atoms with Crippen molar-refractivity contribution in [1.29, 1.82) is 0 Å². The number of para-hydroxylation sites is 2. The number of esters is 2. The number of rotatable bonds is 16. The Morgan fingerprint density at radius 2 is 1.10 bits per heavy atom. The molecule has 0 radical (unpaired) electrons. The molecule has 0 atom stereocenters. The number of unbranched alkanes of at least 4 members (excludes halogenated alkanes) is 1. The molecule has 0 aromatic heterocycles. The van der Waals surface area contributed by atoms with Crippen molar-refractivity contribution in [3.8, 4) is 11.5 Å². The van der Waals surface area contributed by atoms with Gasteiger partial charge in [0.1, 0.15) is 23.7 Å². The summed E-state index contributed by atoms with van der Waals surface area (Å²) in [5, 5.41) is 14.2. The minimum atomic E-state index is -1.54. The number of ketones is 1. The van der Waals surface area contributed by atoms with E-state index < -0.39 is 29.0 Å². The van der Waals surface area contributed by atoms with Gasteiger partial charge in [-0.15, -0.1) is 0 Å². The summed E-state index contributed by atoms with van der Waals surface area (Å²) >= 11 is 0. The van der Waals surface area contributed by atoms with E-state index in [1.807, 2.05) is 56.3 Å². The smallest absolute Gasteiger partial charge is 0.324 e. The minimum absolute atomic E-state index is 0.104. The van der Waals surface area contributed by atoms with Gasteiger partial charge in [-0.2, -0.15) is 0 Å². The highest BCUT2D eigenvalue weighted by Gasteiger charge is 2.54. The number of benzene rings is 3. The molecule has 0 aliphatic carbocycles. The molecule has 2 N–H and O–H groups in total. The Morgan fingerprint density at radius 3 is 1.51 bits per heavy atom. The standard InChI is InChI=1S/C42H72N2O5.C19H21NO3/c1-18-19-20-42(34(46)48-29-24-38(8,9)43(16)39(10,11)25-29,35(47)49-30-26-40(12,13)44(17)41(14,15)27-30)23-28-21-31(36(2,3)4)33(45)32(22-28)37(5,6)7;1-3-14-9-5-6-10-15(14)13-17(21)19(22)20-16-11-7-8-12-18(16)23-4-2/h21-22,29-30,45H,18-20,23-27H2,1-17H3;5-12H,3-4,13H2,1-2H3,(H,20,22). The molecule has 2 heterocycles. The Balaban J connectivity index is 0.000000406. The third kappa shape index (κ3) is 14.5. The largest absolute Gasteiger partial charge is 0.507 e. The lowest BCUT2D eigenvalue weighted by atomic mass is 9.73. The molecule has 400 valence electrons. The maximum absolute atomic E-state index is 15.0. The van der Waals surface area contributed by atoms with Crippen LogP contribution < -0.4 is 10.1 Å². The molecule has 72 heavy (non-hydrogen) atoms. The maximum Gasteiger partial charge on any atom is 0.324 e. The SMILES string of the molecule is CCCCC(Cc1cc(C(C)(C)C)c(O)c(C(C)(C)C)c1)(C(=O)OC1CC(C)(C)N(C)C(C)(C)C1)C(=O)OC1CC(C)(C)N(C)C(C)(C)C1.CCOc1ccccc1NC(=O)C(=O)Cc1ccccc1CC. The predicted molar refractivity (Wildman–Crippen MR) is 292 cm³/mol. The number of aromatic hydroxyl groups is 1. The number of hydrogen-bond donors (Lipinski definition) is 2. The highest BCUT2D eigenvalue weighted by molar-refractivity contribution is 6.41. The van der Waals surface area contributed by atoms with Crippen LogP contribution in [-0.2, 0) is 58.7 Å². The van der Waals surface area contributed by atoms with Crippen LogP contribution in [0.5, 0.6) is 11.5 Å². The first-order valence-corrected chi connectivity index (χ1v) is 26.6. The van der Waals surface area contributed by atoms with Crippen molar-refractivity contribution >= 4 is 29.3 Å². The van der Waals surface area contributed by atoms with Gasteiger partial charge in [-0.25, -0.2) is 0 Å². The number of piperidine rings is 2. The van der Waals surface area contributed by atoms with Crippen molar-refractivity contribution in [3.05, 3.63) is 88.5 Å². The van der Waals surface area contributed by atoms with Gasteiger partial charge in [0.05, 0.1) is 12.3 Å². The first-order valence-electron chi connectivity index (χ1n) is 26.6. The quantitative estimate of drug-likeness (QED) is 0.0811. The number of phenolic OH excluding ortho intramolecular Hbond substituents is 1. The monoisotopic (exact) mass is 996 g/mol. The zero-order valence-electron chi connectivity index (χ0n) is 47.9. The van der Waals surface area contributed by atoms with Gasteiger partial charge < -0.3 is 24.6 Å². The molecule has 1 amide bonds. The normalized spacial score (nSPS) is 18.3. The van der Waals surface area contributed by atoms with E-state index in [4.69, 9.17) is 14.2 Å². The fourth-order valence-corrected chi connectivity index (χ4v) is 10.9. The molecule has 0 bridgehead atoms. The molecule has 2 fully saturated rings. The molecule has 3 aromatic rings. The Morgan fingerprint density at radius 1 is 0.667 bits per heavy atom. The molecule has 0 spiro atoms. The first kappa shape index (κ1) is 59.8. The summed E-state index contributed by atoms with van der Waals surface area (Å²) in [5.74, 6) is -1.22. The van der Waals surface area contributed by atoms with Crippen LogP contribution in [0.3, 0.4) is 0 Å². The number of aryl methyl sites for hydroxylation is 1. The number of ether oxygens (including phenoxy) is 3. The van der Waals surface area contributed by atoms with Crippen molar-refractivity contribution in [2.45, 2.75) is 227 Å². The predicted octanol–water partition coefficient (Wildman–Crippen LogP) is 12.5. The van der Waals surface area contributed by atoms with Gasteiger partial charge in [-0.3, -0.25) is 29.0 Å². The van der Waals surface area contributed by atoms with Crippen molar-refractivity contribution in [2.75, 3.05) is 26.0 Å². The van der Waals surface area contributed by atoms with Crippen LogP contribution >= 0.6 is 0 Å². The van der Waals surface area contributed by atoms with Crippen LogP contribution in [0.15, 0.2) is 60.7 Å². The summed E-state index contributed by atoms with van der Waals surface area (Å²) in [6.07, 6.45) is 4.95. The molecule has 0 unspecified atom stereocenters. The van der Waals surface area contributed by atoms with Crippen LogP contribution in [0.2, 0.25) is 0 Å². The second-order valence-electron chi connectivity index (χ2n) is 25.2. The zero-order valence-corrected chi connectivity index (χ0v) is 47.9. The number of carbonyl (C=O) groups is 4. The van der Waals surface area contributed by atoms with Crippen LogP contribution in [-0.4, -0.2) is 93.6 Å². The lowest BCUT2D eigenvalue weighted by Gasteiger charge is -2.53. The molecule has 5 rings (SSSR count). The second-order valence-corrected chi connectivity index (χ2v) is 25.2. The average molecular weight is 996 g/mol. The van der Waals surface area contributed by atoms with Crippen LogP contribution in [0.25, 0.3) is 0 Å². The number of Topliss-reactive ketones (excluding diaryl/α,β-unsaturated/α-hetero) is 1. The average Bonchev–Trinajstić information content (AvgIpc) is 3.26. The van der Waals surface area contributed by atoms with Crippen LogP contribution in [0.4, 0.5) is 5.69 Å². The molecule has 11 nitrogen and oxygen atoms in total. The van der Waals surface area contributed by atoms with Crippen LogP contribution in [0.1, 0.15) is 190 Å². The molecule has 2 aliphatic heterocycles. The topological polar surface area (TPSA) is 135 Å². The fourth-order valence-electron chi connectivity index (χ4n) is 10.9. The highest BCUT2D eigenvalue weighted by Crippen LogP contribution is 2.45. The number of carbonyl (C=O) groups excluding carboxylic acids is 4. The summed E-state index contributed by atoms with van der Waals surface area (Å²) in [7, 11) is 4.27. The van der Waals surface area contributed by atoms with E-state index in [0.29, 0.717) is 56.6 Å². The fraction of sp³-hybridized carbons (Fsp3) is 0.639. The molecule has 11 heteroatoms. The third-order valence-electron chi connectivity index (χ3n) is 15.7. The number of hydrogen-bond acceptors (Lipinski definition) is 10. The first-order chi connectivity index (χ1) is 33.1. The Bertz CT molecular complexity index is 2240. The van der Waals surface area contributed by atoms with Gasteiger partial charge in [-0.05, 0) is 146 Å². The summed E-state index contributed by atoms with van der Waals surface area (Å²) in [6.45, 7) is 36.5. The van der Waals surface area contributed by atoms with Crippen molar-refractivity contribution in [2.24, 2.45) is 5.41 Å². The molecule has 2 saturated heterocycles. The number of amides is 1. The number of nitrogens with one attached hydrogen (secondary N) is 1. The lowest BCUT2D eigenvalue weighted by Crippen LogP contribution is -2.61. The minimum Gasteiger partial charge on any atom is -0.507 e. The summed E-state index contributed by atoms with van der Waals surface area (Å²) < 4.78 is 18.5. The Hall–Kier alpha value is -4.74. The summed E-state index contributed by atoms with van der Waals surface area (Å²) in [6, 6.07) is 18.8. The van der Waals surface area contributed by atoms with E-state index in [1.165, 1.54) is 0 Å². The Labute approximate surface area is 434 Å². The maximum atomic E-state index is 15.0. The lowest BCUT2D eigenvalue weighted by molar-refractivity contribution is -0.188. The molecular formula is C61H93N3O8. The van der Waals surface area contributed by atoms with E-state index in [0.717, 1.165) is 40.7 Å². The highest BCUT2D eigenvalue weighted by atomic mass is 16.6. The van der Waals surface area contributed by atoms with Crippen molar-refractivity contribution < 1.29 is 38.5 Å². The van der Waals surface area contributed by atoms with Crippen molar-refractivity contribution in [3.63, 3.8) is 0 Å². The van der Waals surface area contributed by atoms with Gasteiger partial charge in [-0.1, -0.05) is 117 Å². The third-order valence-corrected chi connectivity index (χ3v) is 15.7.